The molecule has 1 aliphatic rings. The van der Waals surface area contributed by atoms with Gasteiger partial charge >= 0.3 is 7.12 Å². The van der Waals surface area contributed by atoms with E-state index in [1.54, 1.807) is 7.11 Å². The van der Waals surface area contributed by atoms with Crippen molar-refractivity contribution in [2.24, 2.45) is 0 Å². The van der Waals surface area contributed by atoms with Crippen molar-refractivity contribution in [3.05, 3.63) is 29.8 Å². The SMILES string of the molecule is CCCCCC(B1OC(C)(C)C(C)(C)O1)c1ccc(OC)cc1. The second-order valence-electron chi connectivity index (χ2n) is 7.50. The molecule has 1 unspecified atom stereocenters. The second kappa shape index (κ2) is 7.27. The van der Waals surface area contributed by atoms with Crippen LogP contribution in [0.1, 0.15) is 71.7 Å². The molecule has 1 saturated heterocycles. The fraction of sp³-hybridized carbons (Fsp3) is 0.684. The summed E-state index contributed by atoms with van der Waals surface area (Å²) in [5, 5.41) is 0. The Morgan fingerprint density at radius 1 is 1.00 bits per heavy atom. The van der Waals surface area contributed by atoms with Crippen molar-refractivity contribution in [2.45, 2.75) is 77.3 Å². The Balaban J connectivity index is 2.20. The molecule has 0 radical (unpaired) electrons. The molecule has 0 spiro atoms. The summed E-state index contributed by atoms with van der Waals surface area (Å²) in [6.07, 6.45) is 4.74. The molecular weight excluding hydrogens is 287 g/mol. The highest BCUT2D eigenvalue weighted by Gasteiger charge is 2.53. The van der Waals surface area contributed by atoms with Crippen molar-refractivity contribution >= 4 is 7.12 Å². The Morgan fingerprint density at radius 2 is 1.57 bits per heavy atom. The van der Waals surface area contributed by atoms with Gasteiger partial charge in [-0.05, 0) is 51.8 Å². The zero-order valence-electron chi connectivity index (χ0n) is 15.5. The molecule has 3 nitrogen and oxygen atoms in total. The van der Waals surface area contributed by atoms with Gasteiger partial charge in [-0.15, -0.1) is 0 Å². The van der Waals surface area contributed by atoms with Crippen LogP contribution in [0.5, 0.6) is 5.75 Å². The van der Waals surface area contributed by atoms with Gasteiger partial charge in [0.15, 0.2) is 0 Å². The van der Waals surface area contributed by atoms with Crippen molar-refractivity contribution < 1.29 is 14.0 Å². The lowest BCUT2D eigenvalue weighted by Gasteiger charge is -2.32. The minimum Gasteiger partial charge on any atom is -0.497 e. The Kier molecular flexibility index (Phi) is 5.80. The van der Waals surface area contributed by atoms with Crippen LogP contribution in [-0.2, 0) is 9.31 Å². The van der Waals surface area contributed by atoms with Crippen LogP contribution < -0.4 is 4.74 Å². The normalized spacial score (nSPS) is 20.5. The van der Waals surface area contributed by atoms with E-state index < -0.39 is 0 Å². The molecule has 1 heterocycles. The molecule has 2 rings (SSSR count). The number of rotatable bonds is 7. The Bertz CT molecular complexity index is 480. The number of methoxy groups -OCH3 is 1. The van der Waals surface area contributed by atoms with E-state index in [-0.39, 0.29) is 24.1 Å². The maximum absolute atomic E-state index is 6.31. The molecule has 0 N–H and O–H groups in total. The second-order valence-corrected chi connectivity index (χ2v) is 7.50. The Labute approximate surface area is 141 Å². The van der Waals surface area contributed by atoms with Crippen LogP contribution in [-0.4, -0.2) is 25.4 Å². The van der Waals surface area contributed by atoms with E-state index in [0.29, 0.717) is 0 Å². The first-order valence-corrected chi connectivity index (χ1v) is 8.80. The number of hydrogen-bond donors (Lipinski definition) is 0. The van der Waals surface area contributed by atoms with Crippen molar-refractivity contribution in [3.63, 3.8) is 0 Å². The lowest BCUT2D eigenvalue weighted by atomic mass is 9.65. The molecule has 0 aromatic heterocycles. The van der Waals surface area contributed by atoms with Gasteiger partial charge in [-0.3, -0.25) is 0 Å². The van der Waals surface area contributed by atoms with Crippen molar-refractivity contribution in [1.82, 2.24) is 0 Å². The van der Waals surface area contributed by atoms with Gasteiger partial charge in [-0.1, -0.05) is 38.3 Å². The molecule has 0 bridgehead atoms. The van der Waals surface area contributed by atoms with Crippen molar-refractivity contribution in [1.29, 1.82) is 0 Å². The van der Waals surface area contributed by atoms with Crippen LogP contribution in [0.25, 0.3) is 0 Å². The molecular formula is C19H31BO3. The van der Waals surface area contributed by atoms with Crippen molar-refractivity contribution in [3.8, 4) is 5.75 Å². The van der Waals surface area contributed by atoms with E-state index in [9.17, 15) is 0 Å². The number of ether oxygens (including phenoxy) is 1. The molecule has 0 amide bonds. The molecule has 0 saturated carbocycles. The minimum absolute atomic E-state index is 0.190. The molecule has 1 atom stereocenters. The van der Waals surface area contributed by atoms with Crippen LogP contribution >= 0.6 is 0 Å². The zero-order valence-corrected chi connectivity index (χ0v) is 15.5. The van der Waals surface area contributed by atoms with Crippen molar-refractivity contribution in [2.75, 3.05) is 7.11 Å². The number of benzene rings is 1. The van der Waals surface area contributed by atoms with E-state index in [0.717, 1.165) is 12.2 Å². The number of unbranched alkanes of at least 4 members (excludes halogenated alkanes) is 2. The summed E-state index contributed by atoms with van der Waals surface area (Å²) in [7, 11) is 1.51. The fourth-order valence-electron chi connectivity index (χ4n) is 2.98. The van der Waals surface area contributed by atoms with Gasteiger partial charge in [0, 0.05) is 5.82 Å². The summed E-state index contributed by atoms with van der Waals surface area (Å²) >= 11 is 0. The lowest BCUT2D eigenvalue weighted by Crippen LogP contribution is -2.41. The topological polar surface area (TPSA) is 27.7 Å². The van der Waals surface area contributed by atoms with Gasteiger partial charge < -0.3 is 14.0 Å². The van der Waals surface area contributed by atoms with Crippen LogP contribution in [0.2, 0.25) is 0 Å². The zero-order chi connectivity index (χ0) is 17.1. The van der Waals surface area contributed by atoms with E-state index in [4.69, 9.17) is 14.0 Å². The highest BCUT2D eigenvalue weighted by atomic mass is 16.7. The Hall–Kier alpha value is -0.995. The van der Waals surface area contributed by atoms with E-state index in [2.05, 4.69) is 46.8 Å². The highest BCUT2D eigenvalue weighted by Crippen LogP contribution is 2.42. The maximum atomic E-state index is 6.31. The quantitative estimate of drug-likeness (QED) is 0.523. The summed E-state index contributed by atoms with van der Waals surface area (Å²) in [5.41, 5.74) is 0.695. The third kappa shape index (κ3) is 4.10. The summed E-state index contributed by atoms with van der Waals surface area (Å²) in [5.74, 6) is 1.14. The molecule has 128 valence electrons. The van der Waals surface area contributed by atoms with E-state index in [1.165, 1.54) is 24.8 Å². The number of hydrogen-bond acceptors (Lipinski definition) is 3. The predicted octanol–water partition coefficient (Wildman–Crippen LogP) is 4.99. The molecule has 1 aliphatic heterocycles. The van der Waals surface area contributed by atoms with Gasteiger partial charge in [-0.2, -0.15) is 0 Å². The Morgan fingerprint density at radius 3 is 2.04 bits per heavy atom. The van der Waals surface area contributed by atoms with Gasteiger partial charge in [-0.25, -0.2) is 0 Å². The first-order chi connectivity index (χ1) is 10.8. The fourth-order valence-corrected chi connectivity index (χ4v) is 2.98. The van der Waals surface area contributed by atoms with E-state index in [1.807, 2.05) is 12.1 Å². The minimum atomic E-state index is -0.285. The van der Waals surface area contributed by atoms with Gasteiger partial charge in [0.25, 0.3) is 0 Å². The standard InChI is InChI=1S/C19H31BO3/c1-7-8-9-10-17(15-11-13-16(21-6)14-12-15)20-22-18(2,3)19(4,5)23-20/h11-14,17H,7-10H2,1-6H3. The molecule has 1 fully saturated rings. The molecule has 1 aromatic carbocycles. The average Bonchev–Trinajstić information content (AvgIpc) is 2.72. The van der Waals surface area contributed by atoms with Crippen LogP contribution in [0, 0.1) is 0 Å². The summed E-state index contributed by atoms with van der Waals surface area (Å²) in [6.45, 7) is 10.7. The summed E-state index contributed by atoms with van der Waals surface area (Å²) in [6, 6.07) is 8.32. The molecule has 1 aromatic rings. The van der Waals surface area contributed by atoms with Crippen LogP contribution in [0.3, 0.4) is 0 Å². The van der Waals surface area contributed by atoms with Crippen LogP contribution in [0.15, 0.2) is 24.3 Å². The van der Waals surface area contributed by atoms with Gasteiger partial charge in [0.05, 0.1) is 18.3 Å². The molecule has 23 heavy (non-hydrogen) atoms. The summed E-state index contributed by atoms with van der Waals surface area (Å²) in [4.78, 5) is 0. The molecule has 4 heteroatoms. The monoisotopic (exact) mass is 318 g/mol. The molecule has 0 aliphatic carbocycles. The lowest BCUT2D eigenvalue weighted by molar-refractivity contribution is 0.00578. The maximum Gasteiger partial charge on any atom is 0.465 e. The third-order valence-electron chi connectivity index (χ3n) is 5.26. The first kappa shape index (κ1) is 18.3. The van der Waals surface area contributed by atoms with Gasteiger partial charge in [0.2, 0.25) is 0 Å². The smallest absolute Gasteiger partial charge is 0.465 e. The predicted molar refractivity (Wildman–Crippen MR) is 96.0 cm³/mol. The highest BCUT2D eigenvalue weighted by molar-refractivity contribution is 6.47. The third-order valence-corrected chi connectivity index (χ3v) is 5.26. The van der Waals surface area contributed by atoms with Crippen LogP contribution in [0.4, 0.5) is 0 Å². The van der Waals surface area contributed by atoms with Gasteiger partial charge in [0.1, 0.15) is 5.75 Å². The first-order valence-electron chi connectivity index (χ1n) is 8.80. The largest absolute Gasteiger partial charge is 0.497 e. The summed E-state index contributed by atoms with van der Waals surface area (Å²) < 4.78 is 17.9. The average molecular weight is 318 g/mol. The van der Waals surface area contributed by atoms with E-state index >= 15 is 0 Å².